The normalized spacial score (nSPS) is 21.2. The van der Waals surface area contributed by atoms with Gasteiger partial charge in [-0.2, -0.15) is 0 Å². The molecule has 0 unspecified atom stereocenters. The van der Waals surface area contributed by atoms with E-state index in [0.29, 0.717) is 30.2 Å². The molecule has 0 amide bonds. The van der Waals surface area contributed by atoms with Crippen LogP contribution in [0.15, 0.2) is 30.6 Å². The van der Waals surface area contributed by atoms with E-state index in [4.69, 9.17) is 4.74 Å². The maximum absolute atomic E-state index is 13.9. The molecule has 136 valence electrons. The average molecular weight is 367 g/mol. The Morgan fingerprint density at radius 3 is 2.80 bits per heavy atom. The lowest BCUT2D eigenvalue weighted by atomic mass is 10.1. The van der Waals surface area contributed by atoms with E-state index in [9.17, 15) is 12.8 Å². The summed E-state index contributed by atoms with van der Waals surface area (Å²) in [4.78, 5) is 4.35. The number of rotatable bonds is 5. The number of benzene rings is 1. The quantitative estimate of drug-likeness (QED) is 0.812. The van der Waals surface area contributed by atoms with E-state index in [1.54, 1.807) is 25.4 Å². The van der Waals surface area contributed by atoms with Gasteiger partial charge in [-0.15, -0.1) is 0 Å². The fourth-order valence-electron chi connectivity index (χ4n) is 3.01. The van der Waals surface area contributed by atoms with Crippen molar-refractivity contribution in [3.63, 3.8) is 0 Å². The van der Waals surface area contributed by atoms with Gasteiger partial charge in [0.2, 0.25) is 10.0 Å². The first kappa shape index (κ1) is 18.0. The molecule has 0 aliphatic carbocycles. The predicted molar refractivity (Wildman–Crippen MR) is 93.2 cm³/mol. The van der Waals surface area contributed by atoms with Gasteiger partial charge in [0.15, 0.2) is 0 Å². The van der Waals surface area contributed by atoms with Gasteiger partial charge in [-0.05, 0) is 18.6 Å². The number of hydrogen-bond acceptors (Lipinski definition) is 4. The van der Waals surface area contributed by atoms with Crippen LogP contribution in [-0.2, 0) is 14.8 Å². The summed E-state index contributed by atoms with van der Waals surface area (Å²) in [5, 5.41) is 0. The Morgan fingerprint density at radius 1 is 1.36 bits per heavy atom. The molecule has 1 aromatic heterocycles. The fraction of sp³-hybridized carbons (Fsp3) is 0.471. The van der Waals surface area contributed by atoms with Gasteiger partial charge < -0.3 is 9.30 Å². The molecule has 3 rings (SSSR count). The minimum Gasteiger partial charge on any atom is -0.379 e. The van der Waals surface area contributed by atoms with Crippen LogP contribution >= 0.6 is 0 Å². The van der Waals surface area contributed by atoms with Crippen molar-refractivity contribution < 1.29 is 17.5 Å². The zero-order chi connectivity index (χ0) is 18.2. The van der Waals surface area contributed by atoms with Gasteiger partial charge in [-0.1, -0.05) is 12.1 Å². The molecule has 2 aromatic rings. The molecule has 2 heterocycles. The first-order chi connectivity index (χ1) is 11.8. The van der Waals surface area contributed by atoms with Gasteiger partial charge in [-0.3, -0.25) is 0 Å². The SMILES string of the molecule is Cc1ccc(-c2nccn2[C@@H]2COC[C@@H]2CS(=O)(=O)N(C)C)cc1F. The van der Waals surface area contributed by atoms with Crippen molar-refractivity contribution in [3.8, 4) is 11.4 Å². The van der Waals surface area contributed by atoms with Crippen LogP contribution in [0.25, 0.3) is 11.4 Å². The van der Waals surface area contributed by atoms with E-state index >= 15 is 0 Å². The zero-order valence-electron chi connectivity index (χ0n) is 14.5. The molecule has 0 bridgehead atoms. The molecule has 1 aromatic carbocycles. The Balaban J connectivity index is 1.92. The second-order valence-corrected chi connectivity index (χ2v) is 8.78. The van der Waals surface area contributed by atoms with E-state index in [2.05, 4.69) is 4.98 Å². The van der Waals surface area contributed by atoms with Gasteiger partial charge in [0, 0.05) is 38.0 Å². The summed E-state index contributed by atoms with van der Waals surface area (Å²) in [5.74, 6) is 0.142. The van der Waals surface area contributed by atoms with Crippen LogP contribution in [0.4, 0.5) is 4.39 Å². The van der Waals surface area contributed by atoms with Crippen molar-refractivity contribution in [2.24, 2.45) is 5.92 Å². The molecule has 8 heteroatoms. The van der Waals surface area contributed by atoms with Crippen LogP contribution in [0, 0.1) is 18.7 Å². The summed E-state index contributed by atoms with van der Waals surface area (Å²) in [6, 6.07) is 4.83. The van der Waals surface area contributed by atoms with Crippen LogP contribution in [0.5, 0.6) is 0 Å². The molecule has 6 nitrogen and oxygen atoms in total. The second kappa shape index (κ2) is 6.86. The van der Waals surface area contributed by atoms with E-state index in [-0.39, 0.29) is 23.5 Å². The lowest BCUT2D eigenvalue weighted by Gasteiger charge is -2.22. The van der Waals surface area contributed by atoms with Crippen LogP contribution in [-0.4, -0.2) is 55.3 Å². The fourth-order valence-corrected chi connectivity index (χ4v) is 4.17. The van der Waals surface area contributed by atoms with E-state index in [1.165, 1.54) is 24.5 Å². The van der Waals surface area contributed by atoms with Crippen molar-refractivity contribution in [2.75, 3.05) is 33.1 Å². The summed E-state index contributed by atoms with van der Waals surface area (Å²) in [6.45, 7) is 2.49. The predicted octanol–water partition coefficient (Wildman–Crippen LogP) is 2.08. The number of nitrogens with zero attached hydrogens (tertiary/aromatic N) is 3. The van der Waals surface area contributed by atoms with E-state index < -0.39 is 10.0 Å². The Bertz CT molecular complexity index is 864. The molecule has 1 aliphatic rings. The Kier molecular flexibility index (Phi) is 4.95. The molecule has 2 atom stereocenters. The summed E-state index contributed by atoms with van der Waals surface area (Å²) in [7, 11) is -0.285. The van der Waals surface area contributed by atoms with Crippen molar-refractivity contribution in [2.45, 2.75) is 13.0 Å². The maximum atomic E-state index is 13.9. The van der Waals surface area contributed by atoms with E-state index in [1.807, 2.05) is 10.6 Å². The highest BCUT2D eigenvalue weighted by Crippen LogP contribution is 2.32. The Morgan fingerprint density at radius 2 is 2.12 bits per heavy atom. The van der Waals surface area contributed by atoms with Crippen LogP contribution < -0.4 is 0 Å². The Hall–Kier alpha value is -1.77. The molecule has 0 spiro atoms. The highest BCUT2D eigenvalue weighted by Gasteiger charge is 2.35. The summed E-state index contributed by atoms with van der Waals surface area (Å²) in [6.07, 6.45) is 3.44. The standard InChI is InChI=1S/C17H22FN3O3S/c1-12-4-5-13(8-15(12)18)17-19-6-7-21(17)16-10-24-9-14(16)11-25(22,23)20(2)3/h4-8,14,16H,9-11H2,1-3H3/t14-,16-/m1/s1. The minimum atomic E-state index is -3.34. The molecule has 0 N–H and O–H groups in total. The molecule has 1 saturated heterocycles. The maximum Gasteiger partial charge on any atom is 0.214 e. The molecular weight excluding hydrogens is 345 g/mol. The zero-order valence-corrected chi connectivity index (χ0v) is 15.3. The Labute approximate surface area is 147 Å². The van der Waals surface area contributed by atoms with E-state index in [0.717, 1.165) is 0 Å². The molecular formula is C17H22FN3O3S. The molecule has 25 heavy (non-hydrogen) atoms. The summed E-state index contributed by atoms with van der Waals surface area (Å²) < 4.78 is 47.1. The van der Waals surface area contributed by atoms with Gasteiger partial charge in [0.05, 0.1) is 25.0 Å². The summed E-state index contributed by atoms with van der Waals surface area (Å²) in [5.41, 5.74) is 1.23. The number of imidazole rings is 1. The first-order valence-electron chi connectivity index (χ1n) is 8.07. The third-order valence-electron chi connectivity index (χ3n) is 4.60. The van der Waals surface area contributed by atoms with Gasteiger partial charge in [-0.25, -0.2) is 22.1 Å². The summed E-state index contributed by atoms with van der Waals surface area (Å²) >= 11 is 0. The number of hydrogen-bond donors (Lipinski definition) is 0. The third-order valence-corrected chi connectivity index (χ3v) is 6.56. The largest absolute Gasteiger partial charge is 0.379 e. The number of aryl methyl sites for hydroxylation is 1. The number of halogens is 1. The minimum absolute atomic E-state index is 0.00451. The van der Waals surface area contributed by atoms with Gasteiger partial charge in [0.25, 0.3) is 0 Å². The third kappa shape index (κ3) is 3.61. The monoisotopic (exact) mass is 367 g/mol. The van der Waals surface area contributed by atoms with Crippen molar-refractivity contribution in [3.05, 3.63) is 42.0 Å². The van der Waals surface area contributed by atoms with Crippen molar-refractivity contribution in [1.82, 2.24) is 13.9 Å². The second-order valence-electron chi connectivity index (χ2n) is 6.55. The number of aromatic nitrogens is 2. The molecule has 1 aliphatic heterocycles. The highest BCUT2D eigenvalue weighted by molar-refractivity contribution is 7.89. The lowest BCUT2D eigenvalue weighted by molar-refractivity contribution is 0.182. The smallest absolute Gasteiger partial charge is 0.214 e. The van der Waals surface area contributed by atoms with Crippen molar-refractivity contribution >= 4 is 10.0 Å². The van der Waals surface area contributed by atoms with Gasteiger partial charge in [0.1, 0.15) is 11.6 Å². The molecule has 0 radical (unpaired) electrons. The lowest BCUT2D eigenvalue weighted by Crippen LogP contribution is -2.32. The molecule has 0 saturated carbocycles. The van der Waals surface area contributed by atoms with Crippen LogP contribution in [0.1, 0.15) is 11.6 Å². The number of ether oxygens (including phenoxy) is 1. The number of sulfonamides is 1. The highest BCUT2D eigenvalue weighted by atomic mass is 32.2. The van der Waals surface area contributed by atoms with Gasteiger partial charge >= 0.3 is 0 Å². The van der Waals surface area contributed by atoms with Crippen LogP contribution in [0.3, 0.4) is 0 Å². The average Bonchev–Trinajstić information content (AvgIpc) is 3.18. The van der Waals surface area contributed by atoms with Crippen LogP contribution in [0.2, 0.25) is 0 Å². The van der Waals surface area contributed by atoms with Crippen molar-refractivity contribution in [1.29, 1.82) is 0 Å². The topological polar surface area (TPSA) is 64.4 Å². The molecule has 1 fully saturated rings. The first-order valence-corrected chi connectivity index (χ1v) is 9.68.